The molecule has 0 atom stereocenters. The van der Waals surface area contributed by atoms with E-state index < -0.39 is 0 Å². The van der Waals surface area contributed by atoms with E-state index in [-0.39, 0.29) is 12.6 Å². The van der Waals surface area contributed by atoms with Crippen LogP contribution in [0.5, 0.6) is 5.75 Å². The molecular formula is C31H41N3O3. The Bertz CT molecular complexity index is 1190. The lowest BCUT2D eigenvalue weighted by atomic mass is 9.82. The number of hydrogen-bond donors (Lipinski definition) is 0. The summed E-state index contributed by atoms with van der Waals surface area (Å²) in [6.07, 6.45) is 11.8. The number of para-hydroxylation sites is 2. The fraction of sp³-hybridized carbons (Fsp3) is 0.548. The van der Waals surface area contributed by atoms with Gasteiger partial charge in [0.1, 0.15) is 11.6 Å². The quantitative estimate of drug-likeness (QED) is 0.333. The average molecular weight is 504 g/mol. The van der Waals surface area contributed by atoms with E-state index in [0.29, 0.717) is 23.9 Å². The second-order valence-corrected chi connectivity index (χ2v) is 10.9. The van der Waals surface area contributed by atoms with Gasteiger partial charge in [-0.1, -0.05) is 56.4 Å². The van der Waals surface area contributed by atoms with Gasteiger partial charge in [0.15, 0.2) is 6.61 Å². The number of nitrogens with zero attached hydrogens (tertiary/aromatic N) is 3. The number of esters is 1. The van der Waals surface area contributed by atoms with Crippen molar-refractivity contribution in [3.63, 3.8) is 0 Å². The van der Waals surface area contributed by atoms with Crippen molar-refractivity contribution in [2.45, 2.75) is 83.2 Å². The largest absolute Gasteiger partial charge is 0.482 e. The number of imidazole rings is 1. The molecule has 6 nitrogen and oxygen atoms in total. The van der Waals surface area contributed by atoms with Gasteiger partial charge in [-0.05, 0) is 63.8 Å². The predicted molar refractivity (Wildman–Crippen MR) is 148 cm³/mol. The zero-order valence-corrected chi connectivity index (χ0v) is 22.5. The van der Waals surface area contributed by atoms with Crippen LogP contribution in [0.3, 0.4) is 0 Å². The lowest BCUT2D eigenvalue weighted by Gasteiger charge is -2.46. The second kappa shape index (κ2) is 11.7. The highest BCUT2D eigenvalue weighted by Crippen LogP contribution is 2.38. The Hall–Kier alpha value is -2.86. The van der Waals surface area contributed by atoms with Gasteiger partial charge in [0.2, 0.25) is 0 Å². The van der Waals surface area contributed by atoms with Crippen molar-refractivity contribution >= 4 is 17.0 Å². The Morgan fingerprint density at radius 1 is 1.00 bits per heavy atom. The van der Waals surface area contributed by atoms with E-state index in [1.54, 1.807) is 6.92 Å². The maximum Gasteiger partial charge on any atom is 0.344 e. The first-order chi connectivity index (χ1) is 18.1. The van der Waals surface area contributed by atoms with E-state index >= 15 is 0 Å². The molecule has 2 aromatic carbocycles. The fourth-order valence-electron chi connectivity index (χ4n) is 6.33. The minimum Gasteiger partial charge on any atom is -0.482 e. The van der Waals surface area contributed by atoms with Crippen LogP contribution in [0.4, 0.5) is 0 Å². The van der Waals surface area contributed by atoms with Crippen molar-refractivity contribution < 1.29 is 14.3 Å². The molecule has 0 N–H and O–H groups in total. The molecule has 2 heterocycles. The van der Waals surface area contributed by atoms with Gasteiger partial charge in [-0.3, -0.25) is 4.90 Å². The summed E-state index contributed by atoms with van der Waals surface area (Å²) in [4.78, 5) is 19.6. The van der Waals surface area contributed by atoms with Crippen molar-refractivity contribution in [1.29, 1.82) is 0 Å². The van der Waals surface area contributed by atoms with Gasteiger partial charge in [0, 0.05) is 30.2 Å². The molecule has 5 rings (SSSR count). The van der Waals surface area contributed by atoms with Crippen molar-refractivity contribution in [1.82, 2.24) is 14.5 Å². The summed E-state index contributed by atoms with van der Waals surface area (Å²) in [7, 11) is 0. The SMILES string of the molecule is CCOC(=O)COc1cccc(-c2nc3ccccc3n2C2CCN(C3(C)CCCCCCC3)CC2)c1. The highest BCUT2D eigenvalue weighted by atomic mass is 16.6. The summed E-state index contributed by atoms with van der Waals surface area (Å²) in [5.41, 5.74) is 3.55. The van der Waals surface area contributed by atoms with Crippen LogP contribution in [0.25, 0.3) is 22.4 Å². The van der Waals surface area contributed by atoms with E-state index in [9.17, 15) is 4.79 Å². The highest BCUT2D eigenvalue weighted by Gasteiger charge is 2.35. The van der Waals surface area contributed by atoms with Crippen LogP contribution in [0.1, 0.15) is 77.7 Å². The van der Waals surface area contributed by atoms with Crippen molar-refractivity contribution in [2.24, 2.45) is 0 Å². The maximum absolute atomic E-state index is 11.8. The van der Waals surface area contributed by atoms with E-state index in [1.165, 1.54) is 50.5 Å². The molecule has 0 bridgehead atoms. The summed E-state index contributed by atoms with van der Waals surface area (Å²) in [5, 5.41) is 0. The molecule has 2 aliphatic rings. The monoisotopic (exact) mass is 503 g/mol. The van der Waals surface area contributed by atoms with Crippen molar-refractivity contribution in [3.05, 3.63) is 48.5 Å². The first kappa shape index (κ1) is 25.8. The molecule has 1 aliphatic carbocycles. The first-order valence-electron chi connectivity index (χ1n) is 14.2. The summed E-state index contributed by atoms with van der Waals surface area (Å²) >= 11 is 0. The number of carbonyl (C=O) groups is 1. The molecule has 0 spiro atoms. The Balaban J connectivity index is 1.38. The van der Waals surface area contributed by atoms with Crippen LogP contribution in [-0.4, -0.2) is 52.3 Å². The molecule has 1 saturated heterocycles. The Kier molecular flexibility index (Phi) is 8.14. The van der Waals surface area contributed by atoms with Crippen LogP contribution < -0.4 is 4.74 Å². The topological polar surface area (TPSA) is 56.6 Å². The summed E-state index contributed by atoms with van der Waals surface area (Å²) in [6, 6.07) is 16.8. The molecule has 6 heteroatoms. The summed E-state index contributed by atoms with van der Waals surface area (Å²) < 4.78 is 13.2. The lowest BCUT2D eigenvalue weighted by Crippen LogP contribution is -2.50. The van der Waals surface area contributed by atoms with Crippen LogP contribution in [0.2, 0.25) is 0 Å². The van der Waals surface area contributed by atoms with Crippen LogP contribution in [-0.2, 0) is 9.53 Å². The zero-order valence-electron chi connectivity index (χ0n) is 22.5. The Labute approximate surface area is 221 Å². The molecule has 1 aromatic heterocycles. The number of hydrogen-bond acceptors (Lipinski definition) is 5. The van der Waals surface area contributed by atoms with Gasteiger partial charge in [-0.2, -0.15) is 0 Å². The molecule has 2 fully saturated rings. The van der Waals surface area contributed by atoms with Gasteiger partial charge in [0.05, 0.1) is 17.6 Å². The predicted octanol–water partition coefficient (Wildman–Crippen LogP) is 6.79. The fourth-order valence-corrected chi connectivity index (χ4v) is 6.33. The highest BCUT2D eigenvalue weighted by molar-refractivity contribution is 5.81. The van der Waals surface area contributed by atoms with E-state index in [4.69, 9.17) is 14.5 Å². The molecule has 37 heavy (non-hydrogen) atoms. The molecule has 0 radical (unpaired) electrons. The number of ether oxygens (including phenoxy) is 2. The van der Waals surface area contributed by atoms with Crippen LogP contribution in [0, 0.1) is 0 Å². The minimum absolute atomic E-state index is 0.0923. The molecule has 1 aliphatic heterocycles. The Morgan fingerprint density at radius 2 is 1.73 bits per heavy atom. The molecule has 0 unspecified atom stereocenters. The van der Waals surface area contributed by atoms with E-state index in [1.807, 2.05) is 18.2 Å². The standard InChI is InChI=1S/C31H41N3O3/c1-3-36-29(35)23-37-26-13-11-12-24(22-26)30-32-27-14-7-8-15-28(27)34(30)25-16-20-33(21-17-25)31(2)18-9-5-4-6-10-19-31/h7-8,11-15,22,25H,3-6,9-10,16-21,23H2,1-2H3. The number of likely N-dealkylation sites (tertiary alicyclic amines) is 1. The number of benzene rings is 2. The number of piperidine rings is 1. The number of fused-ring (bicyclic) bond motifs is 1. The van der Waals surface area contributed by atoms with Gasteiger partial charge in [-0.15, -0.1) is 0 Å². The number of rotatable bonds is 7. The molecular weight excluding hydrogens is 462 g/mol. The van der Waals surface area contributed by atoms with Gasteiger partial charge in [0.25, 0.3) is 0 Å². The second-order valence-electron chi connectivity index (χ2n) is 10.9. The minimum atomic E-state index is -0.357. The third-order valence-corrected chi connectivity index (χ3v) is 8.37. The maximum atomic E-state index is 11.8. The third kappa shape index (κ3) is 5.85. The lowest BCUT2D eigenvalue weighted by molar-refractivity contribution is -0.145. The molecule has 1 saturated carbocycles. The normalized spacial score (nSPS) is 19.3. The summed E-state index contributed by atoms with van der Waals surface area (Å²) in [5.74, 6) is 1.26. The van der Waals surface area contributed by atoms with Gasteiger partial charge < -0.3 is 14.0 Å². The van der Waals surface area contributed by atoms with Gasteiger partial charge in [-0.25, -0.2) is 9.78 Å². The first-order valence-corrected chi connectivity index (χ1v) is 14.2. The van der Waals surface area contributed by atoms with Crippen LogP contribution in [0.15, 0.2) is 48.5 Å². The third-order valence-electron chi connectivity index (χ3n) is 8.37. The number of carbonyl (C=O) groups excluding carboxylic acids is 1. The molecule has 198 valence electrons. The van der Waals surface area contributed by atoms with E-state index in [0.717, 1.165) is 42.8 Å². The molecule has 3 aromatic rings. The average Bonchev–Trinajstić information content (AvgIpc) is 3.30. The smallest absolute Gasteiger partial charge is 0.344 e. The van der Waals surface area contributed by atoms with E-state index in [2.05, 4.69) is 46.7 Å². The summed E-state index contributed by atoms with van der Waals surface area (Å²) in [6.45, 7) is 6.84. The van der Waals surface area contributed by atoms with Crippen molar-refractivity contribution in [2.75, 3.05) is 26.3 Å². The van der Waals surface area contributed by atoms with Crippen LogP contribution >= 0.6 is 0 Å². The van der Waals surface area contributed by atoms with Gasteiger partial charge >= 0.3 is 5.97 Å². The zero-order chi connectivity index (χ0) is 25.7. The number of aromatic nitrogens is 2. The Morgan fingerprint density at radius 3 is 2.49 bits per heavy atom. The molecule has 0 amide bonds. The van der Waals surface area contributed by atoms with Crippen molar-refractivity contribution in [3.8, 4) is 17.1 Å².